The molecule has 3 rings (SSSR count). The summed E-state index contributed by atoms with van der Waals surface area (Å²) in [6, 6.07) is 14.1. The van der Waals surface area contributed by atoms with Gasteiger partial charge in [0.25, 0.3) is 0 Å². The minimum absolute atomic E-state index is 0.203. The molecule has 0 radical (unpaired) electrons. The number of aromatic nitrogens is 2. The molecular weight excluding hydrogens is 398 g/mol. The number of aromatic amines is 1. The fraction of sp³-hybridized carbons (Fsp3) is 0.304. The van der Waals surface area contributed by atoms with Gasteiger partial charge in [-0.2, -0.15) is 0 Å². The molecule has 162 valence electrons. The summed E-state index contributed by atoms with van der Waals surface area (Å²) in [7, 11) is 0. The summed E-state index contributed by atoms with van der Waals surface area (Å²) >= 11 is 0. The monoisotopic (exact) mass is 423 g/mol. The number of carbonyl (C=O) groups excluding carboxylic acids is 1. The van der Waals surface area contributed by atoms with E-state index in [1.165, 1.54) is 4.90 Å². The van der Waals surface area contributed by atoms with E-state index in [1.807, 2.05) is 48.5 Å². The van der Waals surface area contributed by atoms with Gasteiger partial charge >= 0.3 is 11.7 Å². The molecule has 2 N–H and O–H groups in total. The van der Waals surface area contributed by atoms with E-state index in [9.17, 15) is 19.5 Å². The van der Waals surface area contributed by atoms with Gasteiger partial charge in [-0.25, -0.2) is 9.59 Å². The number of H-pyrrole nitrogens is 1. The molecule has 0 fully saturated rings. The lowest BCUT2D eigenvalue weighted by Crippen LogP contribution is -2.47. The van der Waals surface area contributed by atoms with Crippen LogP contribution in [0.1, 0.15) is 32.8 Å². The second-order valence-corrected chi connectivity index (χ2v) is 7.59. The average Bonchev–Trinajstić information content (AvgIpc) is 3.19. The van der Waals surface area contributed by atoms with Crippen molar-refractivity contribution in [2.24, 2.45) is 5.92 Å². The molecule has 1 heterocycles. The fourth-order valence-electron chi connectivity index (χ4n) is 3.60. The first-order chi connectivity index (χ1) is 14.8. The maximum Gasteiger partial charge on any atom is 0.439 e. The van der Waals surface area contributed by atoms with Gasteiger partial charge in [-0.3, -0.25) is 14.3 Å². The summed E-state index contributed by atoms with van der Waals surface area (Å²) in [6.45, 7) is 5.52. The highest BCUT2D eigenvalue weighted by Gasteiger charge is 2.31. The number of carboxylic acid groups (broad SMARTS) is 1. The Morgan fingerprint density at radius 3 is 2.26 bits per heavy atom. The topological polar surface area (TPSA) is 117 Å². The number of benzene rings is 2. The van der Waals surface area contributed by atoms with Crippen molar-refractivity contribution in [3.63, 3.8) is 0 Å². The van der Waals surface area contributed by atoms with Crippen molar-refractivity contribution in [3.8, 4) is 22.5 Å². The molecule has 0 bridgehead atoms. The van der Waals surface area contributed by atoms with E-state index < -0.39 is 17.8 Å². The summed E-state index contributed by atoms with van der Waals surface area (Å²) in [5.74, 6) is -1.72. The first-order valence-corrected chi connectivity index (χ1v) is 10.1. The van der Waals surface area contributed by atoms with Crippen LogP contribution in [0, 0.1) is 5.92 Å². The van der Waals surface area contributed by atoms with E-state index in [0.29, 0.717) is 5.82 Å². The molecule has 0 aliphatic carbocycles. The molecule has 0 aliphatic heterocycles. The number of rotatable bonds is 8. The van der Waals surface area contributed by atoms with E-state index in [4.69, 9.17) is 0 Å². The number of nitrogens with one attached hydrogen (secondary N) is 1. The third-order valence-corrected chi connectivity index (χ3v) is 5.08. The van der Waals surface area contributed by atoms with Crippen molar-refractivity contribution in [3.05, 3.63) is 64.6 Å². The summed E-state index contributed by atoms with van der Waals surface area (Å²) in [5.41, 5.74) is 3.28. The molecule has 8 nitrogen and oxygen atoms in total. The molecule has 0 unspecified atom stereocenters. The summed E-state index contributed by atoms with van der Waals surface area (Å²) in [6.07, 6.45) is 0.234. The Bertz CT molecular complexity index is 1110. The number of carbonyl (C=O) groups is 2. The van der Waals surface area contributed by atoms with Crippen molar-refractivity contribution in [2.45, 2.75) is 39.8 Å². The van der Waals surface area contributed by atoms with Crippen LogP contribution in [0.5, 0.6) is 0 Å². The lowest BCUT2D eigenvalue weighted by molar-refractivity contribution is -0.152. The van der Waals surface area contributed by atoms with Gasteiger partial charge < -0.3 is 10.0 Å². The van der Waals surface area contributed by atoms with Crippen LogP contribution in [0.4, 0.5) is 0 Å². The summed E-state index contributed by atoms with van der Waals surface area (Å²) in [5, 5.41) is 13.4. The zero-order chi connectivity index (χ0) is 22.5. The Morgan fingerprint density at radius 2 is 1.74 bits per heavy atom. The fourth-order valence-corrected chi connectivity index (χ4v) is 3.60. The molecule has 0 saturated carbocycles. The van der Waals surface area contributed by atoms with E-state index in [-0.39, 0.29) is 24.8 Å². The Hall–Kier alpha value is -3.68. The molecular formula is C23H25N3O5. The smallest absolute Gasteiger partial charge is 0.439 e. The van der Waals surface area contributed by atoms with Gasteiger partial charge in [-0.1, -0.05) is 74.5 Å². The van der Waals surface area contributed by atoms with Crippen LogP contribution in [-0.2, 0) is 16.1 Å². The van der Waals surface area contributed by atoms with Gasteiger partial charge in [0.15, 0.2) is 5.82 Å². The van der Waals surface area contributed by atoms with Gasteiger partial charge in [0.2, 0.25) is 5.91 Å². The highest BCUT2D eigenvalue weighted by Crippen LogP contribution is 2.30. The van der Waals surface area contributed by atoms with Gasteiger partial charge in [0.05, 0.1) is 0 Å². The van der Waals surface area contributed by atoms with Crippen LogP contribution in [0.15, 0.2) is 57.8 Å². The van der Waals surface area contributed by atoms with Gasteiger partial charge in [-0.15, -0.1) is 0 Å². The number of aliphatic carboxylic acids is 1. The van der Waals surface area contributed by atoms with Crippen LogP contribution in [0.2, 0.25) is 0 Å². The van der Waals surface area contributed by atoms with Crippen LogP contribution in [0.25, 0.3) is 22.5 Å². The molecule has 31 heavy (non-hydrogen) atoms. The molecule has 3 aromatic rings. The Kier molecular flexibility index (Phi) is 6.69. The summed E-state index contributed by atoms with van der Waals surface area (Å²) < 4.78 is 4.62. The normalized spacial score (nSPS) is 12.0. The molecule has 1 atom stereocenters. The van der Waals surface area contributed by atoms with Crippen molar-refractivity contribution >= 4 is 11.9 Å². The highest BCUT2D eigenvalue weighted by atomic mass is 16.5. The standard InChI is InChI=1S/C23H25N3O5/c1-4-19(27)26(20(14(2)3)22(28)29)13-15-9-11-16(12-10-15)17-7-5-6-8-18(17)21-24-23(30)31-25-21/h5-12,14,20H,4,13H2,1-3H3,(H,28,29)(H,24,25,30)/t20-/m0/s1. The Balaban J connectivity index is 1.90. The number of hydrogen-bond acceptors (Lipinski definition) is 5. The Labute approximate surface area is 179 Å². The predicted molar refractivity (Wildman–Crippen MR) is 115 cm³/mol. The molecule has 2 aromatic carbocycles. The Morgan fingerprint density at radius 1 is 1.10 bits per heavy atom. The van der Waals surface area contributed by atoms with Crippen LogP contribution >= 0.6 is 0 Å². The third-order valence-electron chi connectivity index (χ3n) is 5.08. The zero-order valence-electron chi connectivity index (χ0n) is 17.7. The number of hydrogen-bond donors (Lipinski definition) is 2. The molecule has 1 amide bonds. The lowest BCUT2D eigenvalue weighted by atomic mass is 9.97. The second kappa shape index (κ2) is 9.42. The van der Waals surface area contributed by atoms with Gasteiger partial charge in [-0.05, 0) is 22.6 Å². The SMILES string of the molecule is CCC(=O)N(Cc1ccc(-c2ccccc2-c2noc(=O)[nH]2)cc1)[C@H](C(=O)O)C(C)C. The minimum atomic E-state index is -1.01. The van der Waals surface area contributed by atoms with E-state index in [2.05, 4.69) is 14.7 Å². The molecule has 0 aliphatic rings. The van der Waals surface area contributed by atoms with Gasteiger partial charge in [0, 0.05) is 18.5 Å². The average molecular weight is 423 g/mol. The van der Waals surface area contributed by atoms with Crippen LogP contribution < -0.4 is 5.76 Å². The van der Waals surface area contributed by atoms with E-state index >= 15 is 0 Å². The molecule has 8 heteroatoms. The first-order valence-electron chi connectivity index (χ1n) is 10.1. The number of carboxylic acids is 1. The lowest BCUT2D eigenvalue weighted by Gasteiger charge is -2.31. The summed E-state index contributed by atoms with van der Waals surface area (Å²) in [4.78, 5) is 39.6. The molecule has 0 saturated heterocycles. The van der Waals surface area contributed by atoms with Crippen LogP contribution in [-0.4, -0.2) is 38.1 Å². The number of nitrogens with zero attached hydrogens (tertiary/aromatic N) is 2. The quantitative estimate of drug-likeness (QED) is 0.572. The van der Waals surface area contributed by atoms with E-state index in [0.717, 1.165) is 22.3 Å². The second-order valence-electron chi connectivity index (χ2n) is 7.59. The largest absolute Gasteiger partial charge is 0.480 e. The van der Waals surface area contributed by atoms with E-state index in [1.54, 1.807) is 20.8 Å². The maximum atomic E-state index is 12.5. The minimum Gasteiger partial charge on any atom is -0.480 e. The van der Waals surface area contributed by atoms with Crippen LogP contribution in [0.3, 0.4) is 0 Å². The van der Waals surface area contributed by atoms with Crippen molar-refractivity contribution in [1.29, 1.82) is 0 Å². The molecule has 0 spiro atoms. The number of amides is 1. The van der Waals surface area contributed by atoms with Crippen molar-refractivity contribution in [2.75, 3.05) is 0 Å². The zero-order valence-corrected chi connectivity index (χ0v) is 17.7. The highest BCUT2D eigenvalue weighted by molar-refractivity contribution is 5.84. The van der Waals surface area contributed by atoms with Crippen molar-refractivity contribution < 1.29 is 19.2 Å². The predicted octanol–water partition coefficient (Wildman–Crippen LogP) is 3.54. The van der Waals surface area contributed by atoms with Crippen molar-refractivity contribution in [1.82, 2.24) is 15.0 Å². The van der Waals surface area contributed by atoms with Gasteiger partial charge in [0.1, 0.15) is 6.04 Å². The third kappa shape index (κ3) is 4.91. The molecule has 1 aromatic heterocycles. The maximum absolute atomic E-state index is 12.5. The first kappa shape index (κ1) is 22.0.